The minimum atomic E-state index is -3.68. The van der Waals surface area contributed by atoms with Gasteiger partial charge in [-0.3, -0.25) is 4.79 Å². The lowest BCUT2D eigenvalue weighted by Gasteiger charge is -2.20. The van der Waals surface area contributed by atoms with Crippen molar-refractivity contribution in [3.63, 3.8) is 0 Å². The van der Waals surface area contributed by atoms with Gasteiger partial charge in [-0.15, -0.1) is 0 Å². The Morgan fingerprint density at radius 3 is 2.27 bits per heavy atom. The van der Waals surface area contributed by atoms with E-state index in [2.05, 4.69) is 19.2 Å². The van der Waals surface area contributed by atoms with Crippen molar-refractivity contribution in [2.45, 2.75) is 26.3 Å². The van der Waals surface area contributed by atoms with Crippen molar-refractivity contribution in [3.8, 4) is 0 Å². The monoisotopic (exact) mass is 378 g/mol. The number of nitrogens with one attached hydrogen (secondary N) is 1. The van der Waals surface area contributed by atoms with Gasteiger partial charge in [0.05, 0.1) is 12.8 Å². The van der Waals surface area contributed by atoms with Crippen molar-refractivity contribution in [1.29, 1.82) is 0 Å². The molecule has 0 saturated carbocycles. The van der Waals surface area contributed by atoms with Gasteiger partial charge >= 0.3 is 0 Å². The molecule has 1 N–H and O–H groups in total. The molecule has 0 heterocycles. The van der Waals surface area contributed by atoms with Crippen LogP contribution < -0.4 is 5.32 Å². The molecule has 140 valence electrons. The highest BCUT2D eigenvalue weighted by Gasteiger charge is 2.21. The molecular weight excluding hydrogens is 355 g/mol. The molecule has 0 atom stereocenters. The van der Waals surface area contributed by atoms with E-state index in [1.165, 1.54) is 18.2 Å². The molecule has 0 saturated heterocycles. The molecular formula is C19H23FN2O3S. The van der Waals surface area contributed by atoms with Gasteiger partial charge in [-0.1, -0.05) is 44.2 Å². The van der Waals surface area contributed by atoms with E-state index in [0.29, 0.717) is 11.6 Å². The van der Waals surface area contributed by atoms with Crippen LogP contribution >= 0.6 is 0 Å². The van der Waals surface area contributed by atoms with E-state index in [1.807, 2.05) is 12.1 Å². The third-order valence-corrected chi connectivity index (χ3v) is 5.15. The Hall–Kier alpha value is -2.25. The number of hydrogen-bond acceptors (Lipinski definition) is 3. The molecule has 0 aliphatic carbocycles. The summed E-state index contributed by atoms with van der Waals surface area (Å²) in [5.41, 5.74) is 1.94. The Morgan fingerprint density at radius 1 is 1.12 bits per heavy atom. The fourth-order valence-electron chi connectivity index (χ4n) is 2.42. The summed E-state index contributed by atoms with van der Waals surface area (Å²) in [6.45, 7) is 3.55. The van der Waals surface area contributed by atoms with E-state index in [4.69, 9.17) is 0 Å². The zero-order valence-electron chi connectivity index (χ0n) is 15.1. The number of rotatable bonds is 7. The van der Waals surface area contributed by atoms with E-state index in [-0.39, 0.29) is 18.7 Å². The number of halogens is 1. The van der Waals surface area contributed by atoms with E-state index >= 15 is 0 Å². The first-order valence-corrected chi connectivity index (χ1v) is 10.1. The largest absolute Gasteiger partial charge is 0.325 e. The normalized spacial score (nSPS) is 11.8. The second-order valence-electron chi connectivity index (χ2n) is 6.45. The first kappa shape index (κ1) is 20.1. The molecule has 0 fully saturated rings. The summed E-state index contributed by atoms with van der Waals surface area (Å²) in [4.78, 5) is 12.3. The van der Waals surface area contributed by atoms with Crippen molar-refractivity contribution in [1.82, 2.24) is 4.31 Å². The Balaban J connectivity index is 2.08. The van der Waals surface area contributed by atoms with Gasteiger partial charge in [0.25, 0.3) is 0 Å². The molecule has 2 rings (SSSR count). The number of amides is 1. The lowest BCUT2D eigenvalue weighted by atomic mass is 10.0. The maximum Gasteiger partial charge on any atom is 0.239 e. The molecule has 0 unspecified atom stereocenters. The quantitative estimate of drug-likeness (QED) is 0.803. The van der Waals surface area contributed by atoms with E-state index in [0.717, 1.165) is 16.1 Å². The van der Waals surface area contributed by atoms with Crippen molar-refractivity contribution in [2.24, 2.45) is 0 Å². The van der Waals surface area contributed by atoms with E-state index in [9.17, 15) is 17.6 Å². The predicted molar refractivity (Wildman–Crippen MR) is 101 cm³/mol. The van der Waals surface area contributed by atoms with Crippen molar-refractivity contribution < 1.29 is 17.6 Å². The van der Waals surface area contributed by atoms with Gasteiger partial charge in [0, 0.05) is 17.8 Å². The summed E-state index contributed by atoms with van der Waals surface area (Å²) in [6.07, 6.45) is 0.999. The second-order valence-corrected chi connectivity index (χ2v) is 8.43. The summed E-state index contributed by atoms with van der Waals surface area (Å²) < 4.78 is 38.7. The average molecular weight is 378 g/mol. The standard InChI is InChI=1S/C19H23FN2O3S/c1-14(2)15-8-10-17(11-9-15)21-19(23)13-22(26(3,24)25)12-16-6-4-5-7-18(16)20/h4-11,14H,12-13H2,1-3H3,(H,21,23). The first-order valence-electron chi connectivity index (χ1n) is 8.25. The highest BCUT2D eigenvalue weighted by Crippen LogP contribution is 2.17. The maximum absolute atomic E-state index is 13.8. The van der Waals surface area contributed by atoms with Crippen molar-refractivity contribution in [2.75, 3.05) is 18.1 Å². The molecule has 0 aliphatic heterocycles. The van der Waals surface area contributed by atoms with Gasteiger partial charge in [0.15, 0.2) is 0 Å². The third kappa shape index (κ3) is 5.64. The van der Waals surface area contributed by atoms with Gasteiger partial charge in [0.1, 0.15) is 5.82 Å². The van der Waals surface area contributed by atoms with E-state index < -0.39 is 21.7 Å². The third-order valence-electron chi connectivity index (χ3n) is 3.95. The molecule has 0 aromatic heterocycles. The molecule has 2 aromatic carbocycles. The Labute approximate surface area is 153 Å². The number of carbonyl (C=O) groups is 1. The number of nitrogens with zero attached hydrogens (tertiary/aromatic N) is 1. The Bertz CT molecular complexity index is 865. The number of benzene rings is 2. The fourth-order valence-corrected chi connectivity index (χ4v) is 3.14. The maximum atomic E-state index is 13.8. The van der Waals surface area contributed by atoms with Crippen LogP contribution in [0.4, 0.5) is 10.1 Å². The highest BCUT2D eigenvalue weighted by molar-refractivity contribution is 7.88. The van der Waals surface area contributed by atoms with E-state index in [1.54, 1.807) is 18.2 Å². The molecule has 0 aliphatic rings. The van der Waals surface area contributed by atoms with Crippen LogP contribution in [0, 0.1) is 5.82 Å². The van der Waals surface area contributed by atoms with Crippen LogP contribution in [-0.2, 0) is 21.4 Å². The lowest BCUT2D eigenvalue weighted by molar-refractivity contribution is -0.116. The van der Waals surface area contributed by atoms with Gasteiger partial charge in [0.2, 0.25) is 15.9 Å². The average Bonchev–Trinajstić information content (AvgIpc) is 2.55. The summed E-state index contributed by atoms with van der Waals surface area (Å²) in [5.74, 6) is -0.615. The lowest BCUT2D eigenvalue weighted by Crippen LogP contribution is -2.37. The topological polar surface area (TPSA) is 66.5 Å². The van der Waals surface area contributed by atoms with Crippen LogP contribution in [0.5, 0.6) is 0 Å². The van der Waals surface area contributed by atoms with Crippen molar-refractivity contribution in [3.05, 3.63) is 65.5 Å². The van der Waals surface area contributed by atoms with Crippen LogP contribution in [0.25, 0.3) is 0 Å². The van der Waals surface area contributed by atoms with Crippen LogP contribution in [-0.4, -0.2) is 31.4 Å². The minimum absolute atomic E-state index is 0.203. The molecule has 0 bridgehead atoms. The molecule has 5 nitrogen and oxygen atoms in total. The molecule has 26 heavy (non-hydrogen) atoms. The van der Waals surface area contributed by atoms with Crippen LogP contribution in [0.3, 0.4) is 0 Å². The van der Waals surface area contributed by atoms with Crippen LogP contribution in [0.15, 0.2) is 48.5 Å². The summed E-state index contributed by atoms with van der Waals surface area (Å²) in [7, 11) is -3.68. The van der Waals surface area contributed by atoms with Gasteiger partial charge in [-0.05, 0) is 29.7 Å². The SMILES string of the molecule is CC(C)c1ccc(NC(=O)CN(Cc2ccccc2F)S(C)(=O)=O)cc1. The van der Waals surface area contributed by atoms with Crippen LogP contribution in [0.1, 0.15) is 30.9 Å². The molecule has 7 heteroatoms. The van der Waals surface area contributed by atoms with Crippen molar-refractivity contribution >= 4 is 21.6 Å². The molecule has 1 amide bonds. The highest BCUT2D eigenvalue weighted by atomic mass is 32.2. The minimum Gasteiger partial charge on any atom is -0.325 e. The molecule has 0 radical (unpaired) electrons. The summed E-state index contributed by atoms with van der Waals surface area (Å²) in [6, 6.07) is 13.3. The smallest absolute Gasteiger partial charge is 0.239 e. The predicted octanol–water partition coefficient (Wildman–Crippen LogP) is 3.35. The number of anilines is 1. The second kappa shape index (κ2) is 8.42. The van der Waals surface area contributed by atoms with Crippen LogP contribution in [0.2, 0.25) is 0 Å². The Kier molecular flexibility index (Phi) is 6.50. The fraction of sp³-hybridized carbons (Fsp3) is 0.316. The zero-order chi connectivity index (χ0) is 19.3. The number of carbonyl (C=O) groups excluding carboxylic acids is 1. The Morgan fingerprint density at radius 2 is 1.73 bits per heavy atom. The number of hydrogen-bond donors (Lipinski definition) is 1. The summed E-state index contributed by atoms with van der Waals surface area (Å²) >= 11 is 0. The number of sulfonamides is 1. The molecule has 0 spiro atoms. The van der Waals surface area contributed by atoms with Gasteiger partial charge < -0.3 is 5.32 Å². The first-order chi connectivity index (χ1) is 12.2. The van der Waals surface area contributed by atoms with Gasteiger partial charge in [-0.2, -0.15) is 4.31 Å². The molecule has 2 aromatic rings. The summed E-state index contributed by atoms with van der Waals surface area (Å²) in [5, 5.41) is 2.67. The zero-order valence-corrected chi connectivity index (χ0v) is 15.9. The van der Waals surface area contributed by atoms with Gasteiger partial charge in [-0.25, -0.2) is 12.8 Å².